The quantitative estimate of drug-likeness (QED) is 0.383. The first-order valence-corrected chi connectivity index (χ1v) is 14.4. The lowest BCUT2D eigenvalue weighted by Crippen LogP contribution is -2.56. The molecule has 0 spiro atoms. The number of ether oxygens (including phenoxy) is 2. The average molecular weight is 561 g/mol. The second-order valence-corrected chi connectivity index (χ2v) is 11.1. The predicted molar refractivity (Wildman–Crippen MR) is 152 cm³/mol. The second-order valence-electron chi connectivity index (χ2n) is 11.1. The maximum atomic E-state index is 14.3. The van der Waals surface area contributed by atoms with Crippen LogP contribution in [0.1, 0.15) is 54.1 Å². The van der Waals surface area contributed by atoms with E-state index in [1.54, 1.807) is 30.2 Å². The van der Waals surface area contributed by atoms with Crippen LogP contribution in [0.4, 0.5) is 0 Å². The number of nitrogens with one attached hydrogen (secondary N) is 1. The van der Waals surface area contributed by atoms with Crippen molar-refractivity contribution in [2.75, 3.05) is 26.8 Å². The van der Waals surface area contributed by atoms with E-state index in [0.717, 1.165) is 36.6 Å². The molecule has 1 saturated carbocycles. The van der Waals surface area contributed by atoms with Crippen molar-refractivity contribution >= 4 is 22.8 Å². The minimum absolute atomic E-state index is 0.0921. The standard InChI is InChI=1S/C32H36N2O7/c1-39-25-13-7-10-20-16-26(41-29(20)25)32(38)34(18-19-8-3-2-4-9-19)23-17-22(31(37)33-14-15-35)27-21-11-5-6-12-24(21)40-30(27)28(23)36/h5-7,10-13,16-17,19,23,27-28,30,35-36H,2-4,8-9,14-15,18H2,1H3,(H,33,37). The van der Waals surface area contributed by atoms with Crippen LogP contribution in [0.3, 0.4) is 0 Å². The molecule has 0 radical (unpaired) electrons. The van der Waals surface area contributed by atoms with Gasteiger partial charge in [-0.25, -0.2) is 0 Å². The van der Waals surface area contributed by atoms with Crippen molar-refractivity contribution in [2.45, 2.75) is 56.3 Å². The molecule has 216 valence electrons. The Morgan fingerprint density at radius 2 is 1.90 bits per heavy atom. The normalized spacial score (nSPS) is 23.7. The maximum Gasteiger partial charge on any atom is 0.290 e. The summed E-state index contributed by atoms with van der Waals surface area (Å²) < 4.78 is 17.7. The maximum absolute atomic E-state index is 14.3. The fraction of sp³-hybridized carbons (Fsp3) is 0.438. The molecule has 3 aromatic rings. The topological polar surface area (TPSA) is 121 Å². The summed E-state index contributed by atoms with van der Waals surface area (Å²) in [5.74, 6) is 0.322. The Morgan fingerprint density at radius 3 is 2.68 bits per heavy atom. The molecule has 4 atom stereocenters. The number of benzene rings is 2. The Balaban J connectivity index is 1.42. The Kier molecular flexibility index (Phi) is 7.73. The summed E-state index contributed by atoms with van der Waals surface area (Å²) in [5.41, 5.74) is 1.71. The van der Waals surface area contributed by atoms with E-state index < -0.39 is 24.2 Å². The number of furan rings is 1. The molecular weight excluding hydrogens is 524 g/mol. The van der Waals surface area contributed by atoms with Crippen molar-refractivity contribution in [2.24, 2.45) is 5.92 Å². The van der Waals surface area contributed by atoms with Gasteiger partial charge in [-0.15, -0.1) is 0 Å². The van der Waals surface area contributed by atoms with Crippen LogP contribution in [-0.2, 0) is 4.79 Å². The third kappa shape index (κ3) is 5.08. The zero-order valence-electron chi connectivity index (χ0n) is 23.1. The number of rotatable bonds is 8. The number of nitrogens with zero attached hydrogens (tertiary/aromatic N) is 1. The Morgan fingerprint density at radius 1 is 1.10 bits per heavy atom. The zero-order chi connectivity index (χ0) is 28.5. The largest absolute Gasteiger partial charge is 0.493 e. The van der Waals surface area contributed by atoms with Gasteiger partial charge in [0.05, 0.1) is 25.7 Å². The van der Waals surface area contributed by atoms with Crippen molar-refractivity contribution in [3.8, 4) is 11.5 Å². The molecule has 2 amide bonds. The number of aliphatic hydroxyl groups excluding tert-OH is 2. The second kappa shape index (κ2) is 11.6. The number of para-hydroxylation sites is 2. The molecule has 2 aromatic carbocycles. The first kappa shape index (κ1) is 27.4. The van der Waals surface area contributed by atoms with Crippen molar-refractivity contribution in [3.63, 3.8) is 0 Å². The highest BCUT2D eigenvalue weighted by Crippen LogP contribution is 2.47. The number of fused-ring (bicyclic) bond motifs is 4. The molecule has 6 rings (SSSR count). The summed E-state index contributed by atoms with van der Waals surface area (Å²) >= 11 is 0. The monoisotopic (exact) mass is 560 g/mol. The van der Waals surface area contributed by atoms with Gasteiger partial charge in [0.25, 0.3) is 5.91 Å². The molecule has 0 saturated heterocycles. The number of amides is 2. The number of hydrogen-bond acceptors (Lipinski definition) is 7. The average Bonchev–Trinajstić information content (AvgIpc) is 3.62. The molecule has 1 aromatic heterocycles. The highest BCUT2D eigenvalue weighted by molar-refractivity contribution is 5.99. The number of carbonyl (C=O) groups is 2. The lowest BCUT2D eigenvalue weighted by molar-refractivity contribution is -0.118. The van der Waals surface area contributed by atoms with E-state index in [1.807, 2.05) is 36.4 Å². The van der Waals surface area contributed by atoms with E-state index in [2.05, 4.69) is 5.32 Å². The van der Waals surface area contributed by atoms with E-state index in [4.69, 9.17) is 13.9 Å². The molecule has 9 heteroatoms. The minimum atomic E-state index is -1.09. The van der Waals surface area contributed by atoms with E-state index in [9.17, 15) is 19.8 Å². The van der Waals surface area contributed by atoms with Gasteiger partial charge in [0.2, 0.25) is 5.91 Å². The van der Waals surface area contributed by atoms with Crippen molar-refractivity contribution in [1.82, 2.24) is 10.2 Å². The Bertz CT molecular complexity index is 1460. The van der Waals surface area contributed by atoms with Gasteiger partial charge in [-0.2, -0.15) is 0 Å². The molecule has 2 heterocycles. The van der Waals surface area contributed by atoms with Crippen molar-refractivity contribution in [1.29, 1.82) is 0 Å². The van der Waals surface area contributed by atoms with Gasteiger partial charge >= 0.3 is 0 Å². The molecule has 41 heavy (non-hydrogen) atoms. The lowest BCUT2D eigenvalue weighted by atomic mass is 9.77. The molecular formula is C32H36N2O7. The Labute approximate surface area is 238 Å². The van der Waals surface area contributed by atoms with Gasteiger partial charge in [0.15, 0.2) is 17.1 Å². The van der Waals surface area contributed by atoms with Gasteiger partial charge in [0, 0.05) is 29.6 Å². The van der Waals surface area contributed by atoms with Crippen LogP contribution < -0.4 is 14.8 Å². The van der Waals surface area contributed by atoms with E-state index in [0.29, 0.717) is 29.2 Å². The molecule has 4 unspecified atom stereocenters. The first-order valence-electron chi connectivity index (χ1n) is 14.4. The summed E-state index contributed by atoms with van der Waals surface area (Å²) in [4.78, 5) is 29.4. The van der Waals surface area contributed by atoms with Gasteiger partial charge in [-0.1, -0.05) is 49.6 Å². The van der Waals surface area contributed by atoms with Crippen LogP contribution in [0.15, 0.2) is 64.6 Å². The fourth-order valence-corrected chi connectivity index (χ4v) is 6.62. The van der Waals surface area contributed by atoms with Gasteiger partial charge in [-0.05, 0) is 43.0 Å². The zero-order valence-corrected chi connectivity index (χ0v) is 23.1. The molecule has 2 aliphatic carbocycles. The third-order valence-corrected chi connectivity index (χ3v) is 8.62. The number of aliphatic hydroxyl groups is 2. The molecule has 1 fully saturated rings. The van der Waals surface area contributed by atoms with Crippen molar-refractivity contribution < 1.29 is 33.7 Å². The summed E-state index contributed by atoms with van der Waals surface area (Å²) in [6.45, 7) is 0.310. The van der Waals surface area contributed by atoms with Crippen LogP contribution in [0.5, 0.6) is 11.5 Å². The van der Waals surface area contributed by atoms with Crippen LogP contribution in [0.2, 0.25) is 0 Å². The van der Waals surface area contributed by atoms with Crippen LogP contribution >= 0.6 is 0 Å². The fourth-order valence-electron chi connectivity index (χ4n) is 6.62. The van der Waals surface area contributed by atoms with Gasteiger partial charge in [0.1, 0.15) is 18.0 Å². The summed E-state index contributed by atoms with van der Waals surface area (Å²) in [5, 5.41) is 24.7. The van der Waals surface area contributed by atoms with E-state index >= 15 is 0 Å². The van der Waals surface area contributed by atoms with E-state index in [-0.39, 0.29) is 36.6 Å². The third-order valence-electron chi connectivity index (χ3n) is 8.62. The van der Waals surface area contributed by atoms with Crippen LogP contribution in [0.25, 0.3) is 11.0 Å². The smallest absolute Gasteiger partial charge is 0.290 e. The first-order chi connectivity index (χ1) is 20.0. The van der Waals surface area contributed by atoms with Crippen molar-refractivity contribution in [3.05, 3.63) is 71.5 Å². The summed E-state index contributed by atoms with van der Waals surface area (Å²) in [6.07, 6.45) is 5.21. The minimum Gasteiger partial charge on any atom is -0.493 e. The highest BCUT2D eigenvalue weighted by atomic mass is 16.5. The summed E-state index contributed by atoms with van der Waals surface area (Å²) in [6, 6.07) is 13.8. The number of hydrogen-bond donors (Lipinski definition) is 3. The van der Waals surface area contributed by atoms with Gasteiger partial charge < -0.3 is 34.3 Å². The predicted octanol–water partition coefficient (Wildman–Crippen LogP) is 3.79. The van der Waals surface area contributed by atoms with Crippen LogP contribution in [0, 0.1) is 5.92 Å². The molecule has 1 aliphatic heterocycles. The Hall–Kier alpha value is -3.82. The molecule has 0 bridgehead atoms. The highest BCUT2D eigenvalue weighted by Gasteiger charge is 2.51. The molecule has 3 aliphatic rings. The van der Waals surface area contributed by atoms with Gasteiger partial charge in [-0.3, -0.25) is 9.59 Å². The molecule has 9 nitrogen and oxygen atoms in total. The molecule has 3 N–H and O–H groups in total. The van der Waals surface area contributed by atoms with Crippen LogP contribution in [-0.4, -0.2) is 72.0 Å². The SMILES string of the molecule is COc1cccc2cc(C(=O)N(CC3CCCCC3)C3C=C(C(=O)NCCO)C4c5ccccc5OC4C3O)oc12. The summed E-state index contributed by atoms with van der Waals surface area (Å²) in [7, 11) is 1.55. The van der Waals surface area contributed by atoms with E-state index in [1.165, 1.54) is 6.42 Å². The number of methoxy groups -OCH3 is 1. The number of carbonyl (C=O) groups excluding carboxylic acids is 2. The lowest BCUT2D eigenvalue weighted by Gasteiger charge is -2.42.